The van der Waals surface area contributed by atoms with Crippen LogP contribution in [0.1, 0.15) is 44.7 Å². The molecule has 3 heterocycles. The maximum atomic E-state index is 13.6. The number of carbonyl (C=O) groups excluding carboxylic acids is 3. The first kappa shape index (κ1) is 34.8. The van der Waals surface area contributed by atoms with Crippen molar-refractivity contribution in [2.45, 2.75) is 69.5 Å². The van der Waals surface area contributed by atoms with Crippen LogP contribution in [0.5, 0.6) is 5.75 Å². The van der Waals surface area contributed by atoms with Crippen molar-refractivity contribution in [3.05, 3.63) is 84.1 Å². The molecule has 256 valence electrons. The van der Waals surface area contributed by atoms with Gasteiger partial charge in [0.25, 0.3) is 0 Å². The molecule has 5 rings (SSSR count). The number of piperazine rings is 1. The number of pyridine rings is 1. The molecule has 0 spiro atoms. The summed E-state index contributed by atoms with van der Waals surface area (Å²) in [5.41, 5.74) is 0.798. The molecule has 2 saturated heterocycles. The van der Waals surface area contributed by atoms with Crippen molar-refractivity contribution < 1.29 is 32.3 Å². The fourth-order valence-electron chi connectivity index (χ4n) is 5.72. The molecule has 2 atom stereocenters. The predicted molar refractivity (Wildman–Crippen MR) is 180 cm³/mol. The molecule has 48 heavy (non-hydrogen) atoms. The highest BCUT2D eigenvalue weighted by Gasteiger charge is 2.41. The largest absolute Gasteiger partial charge is 0.458 e. The Kier molecular flexibility index (Phi) is 10.7. The molecule has 0 saturated carbocycles. The third-order valence-electron chi connectivity index (χ3n) is 8.22. The summed E-state index contributed by atoms with van der Waals surface area (Å²) in [7, 11) is -3.93. The zero-order chi connectivity index (χ0) is 34.5. The Labute approximate surface area is 282 Å². The second-order valence-electron chi connectivity index (χ2n) is 13.1. The van der Waals surface area contributed by atoms with Crippen molar-refractivity contribution in [3.8, 4) is 5.75 Å². The van der Waals surface area contributed by atoms with Crippen molar-refractivity contribution in [3.63, 3.8) is 0 Å². The summed E-state index contributed by atoms with van der Waals surface area (Å²) < 4.78 is 39.4. The lowest BCUT2D eigenvalue weighted by Crippen LogP contribution is -2.52. The van der Waals surface area contributed by atoms with E-state index in [1.54, 1.807) is 68.3 Å². The molecular weight excluding hydrogens is 634 g/mol. The van der Waals surface area contributed by atoms with Gasteiger partial charge in [-0.25, -0.2) is 23.0 Å². The Bertz CT molecular complexity index is 1690. The maximum absolute atomic E-state index is 13.6. The number of aryl methyl sites for hydroxylation is 1. The second kappa shape index (κ2) is 14.7. The van der Waals surface area contributed by atoms with Gasteiger partial charge in [0, 0.05) is 45.3 Å². The molecular formula is C35H43N5O7S. The summed E-state index contributed by atoms with van der Waals surface area (Å²) in [5.74, 6) is 0.0152. The molecule has 2 aliphatic heterocycles. The van der Waals surface area contributed by atoms with Crippen LogP contribution < -0.4 is 15.0 Å². The SMILES string of the molecule is Cc1ccc(S(=O)(=O)N2CCC[C@H]2C(=O)N[C@@H](Cc2ccc(OC(=O)N3CCN(c4ccccn4)CC3)cc2)C(=O)OC(C)(C)C)cc1. The van der Waals surface area contributed by atoms with Gasteiger partial charge in [-0.1, -0.05) is 35.9 Å². The number of rotatable bonds is 9. The van der Waals surface area contributed by atoms with Crippen molar-refractivity contribution in [2.75, 3.05) is 37.6 Å². The smallest absolute Gasteiger partial charge is 0.415 e. The van der Waals surface area contributed by atoms with E-state index in [0.29, 0.717) is 50.3 Å². The molecule has 0 radical (unpaired) electrons. The molecule has 2 aromatic carbocycles. The summed E-state index contributed by atoms with van der Waals surface area (Å²) in [6.45, 7) is 9.54. The van der Waals surface area contributed by atoms with Crippen LogP contribution in [-0.4, -0.2) is 91.0 Å². The Morgan fingerprint density at radius 1 is 0.938 bits per heavy atom. The molecule has 12 nitrogen and oxygen atoms in total. The number of benzene rings is 2. The van der Waals surface area contributed by atoms with Gasteiger partial charge in [-0.2, -0.15) is 4.31 Å². The van der Waals surface area contributed by atoms with Crippen LogP contribution in [0.25, 0.3) is 0 Å². The molecule has 2 amide bonds. The number of esters is 1. The topological polar surface area (TPSA) is 138 Å². The van der Waals surface area contributed by atoms with Crippen LogP contribution in [0.15, 0.2) is 77.8 Å². The second-order valence-corrected chi connectivity index (χ2v) is 15.0. The van der Waals surface area contributed by atoms with E-state index in [2.05, 4.69) is 15.2 Å². The summed E-state index contributed by atoms with van der Waals surface area (Å²) in [5, 5.41) is 2.78. The molecule has 13 heteroatoms. The molecule has 2 aliphatic rings. The fourth-order valence-corrected chi connectivity index (χ4v) is 7.38. The summed E-state index contributed by atoms with van der Waals surface area (Å²) in [6, 6.07) is 16.9. The van der Waals surface area contributed by atoms with Gasteiger partial charge in [-0.05, 0) is 82.5 Å². The maximum Gasteiger partial charge on any atom is 0.415 e. The van der Waals surface area contributed by atoms with Gasteiger partial charge < -0.3 is 24.6 Å². The number of carbonyl (C=O) groups is 3. The molecule has 2 fully saturated rings. The lowest BCUT2D eigenvalue weighted by molar-refractivity contribution is -0.158. The average Bonchev–Trinajstić information content (AvgIpc) is 3.57. The highest BCUT2D eigenvalue weighted by molar-refractivity contribution is 7.89. The average molecular weight is 678 g/mol. The van der Waals surface area contributed by atoms with Gasteiger partial charge in [0.1, 0.15) is 29.3 Å². The number of hydrogen-bond acceptors (Lipinski definition) is 9. The number of ether oxygens (including phenoxy) is 2. The fraction of sp³-hybridized carbons (Fsp3) is 0.429. The minimum atomic E-state index is -3.93. The number of aromatic nitrogens is 1. The number of sulfonamides is 1. The number of hydrogen-bond donors (Lipinski definition) is 1. The number of nitrogens with one attached hydrogen (secondary N) is 1. The van der Waals surface area contributed by atoms with Crippen LogP contribution >= 0.6 is 0 Å². The van der Waals surface area contributed by atoms with Crippen molar-refractivity contribution >= 4 is 33.8 Å². The first-order valence-electron chi connectivity index (χ1n) is 16.1. The van der Waals surface area contributed by atoms with Gasteiger partial charge in [0.15, 0.2) is 0 Å². The van der Waals surface area contributed by atoms with E-state index in [1.807, 2.05) is 25.1 Å². The molecule has 0 bridgehead atoms. The van der Waals surface area contributed by atoms with Crippen molar-refractivity contribution in [2.24, 2.45) is 0 Å². The van der Waals surface area contributed by atoms with Crippen molar-refractivity contribution in [1.29, 1.82) is 0 Å². The van der Waals surface area contributed by atoms with Crippen LogP contribution in [0, 0.1) is 6.92 Å². The summed E-state index contributed by atoms with van der Waals surface area (Å²) >= 11 is 0. The lowest BCUT2D eigenvalue weighted by atomic mass is 10.0. The van der Waals surface area contributed by atoms with E-state index in [0.717, 1.165) is 11.4 Å². The van der Waals surface area contributed by atoms with Crippen LogP contribution in [0.2, 0.25) is 0 Å². The Morgan fingerprint density at radius 2 is 1.62 bits per heavy atom. The normalized spacial score (nSPS) is 17.9. The van der Waals surface area contributed by atoms with Gasteiger partial charge in [0.2, 0.25) is 15.9 Å². The predicted octanol–water partition coefficient (Wildman–Crippen LogP) is 3.93. The van der Waals surface area contributed by atoms with Crippen molar-refractivity contribution in [1.82, 2.24) is 19.5 Å². The van der Waals surface area contributed by atoms with E-state index in [1.165, 1.54) is 16.4 Å². The summed E-state index contributed by atoms with van der Waals surface area (Å²) in [6.07, 6.45) is 2.22. The van der Waals surface area contributed by atoms with Crippen LogP contribution in [-0.2, 0) is 30.8 Å². The van der Waals surface area contributed by atoms with E-state index in [9.17, 15) is 22.8 Å². The van der Waals surface area contributed by atoms with Gasteiger partial charge >= 0.3 is 12.1 Å². The highest BCUT2D eigenvalue weighted by Crippen LogP contribution is 2.27. The standard InChI is InChI=1S/C35H43N5O7S/c1-25-10-16-28(17-11-25)48(44,45)40-19-7-8-30(40)32(41)37-29(33(42)47-35(2,3)4)24-26-12-14-27(15-13-26)46-34(43)39-22-20-38(21-23-39)31-9-5-6-18-36-31/h5-6,9-18,29-30H,7-8,19-24H2,1-4H3,(H,37,41)/t29-,30-/m0/s1. The summed E-state index contributed by atoms with van der Waals surface area (Å²) in [4.78, 5) is 48.0. The van der Waals surface area contributed by atoms with Gasteiger partial charge in [0.05, 0.1) is 4.90 Å². The van der Waals surface area contributed by atoms with Crippen LogP contribution in [0.3, 0.4) is 0 Å². The molecule has 0 unspecified atom stereocenters. The molecule has 0 aliphatic carbocycles. The third-order valence-corrected chi connectivity index (χ3v) is 10.1. The Morgan fingerprint density at radius 3 is 2.25 bits per heavy atom. The van der Waals surface area contributed by atoms with Gasteiger partial charge in [-0.3, -0.25) is 4.79 Å². The number of amides is 2. The zero-order valence-corrected chi connectivity index (χ0v) is 28.6. The monoisotopic (exact) mass is 677 g/mol. The van der Waals surface area contributed by atoms with E-state index < -0.39 is 45.7 Å². The highest BCUT2D eigenvalue weighted by atomic mass is 32.2. The third kappa shape index (κ3) is 8.70. The Balaban J connectivity index is 1.22. The minimum absolute atomic E-state index is 0.0851. The zero-order valence-electron chi connectivity index (χ0n) is 27.8. The number of nitrogens with zero attached hydrogens (tertiary/aromatic N) is 4. The first-order chi connectivity index (χ1) is 22.8. The quantitative estimate of drug-likeness (QED) is 0.334. The van der Waals surface area contributed by atoms with E-state index in [4.69, 9.17) is 9.47 Å². The first-order valence-corrected chi connectivity index (χ1v) is 17.6. The lowest BCUT2D eigenvalue weighted by Gasteiger charge is -2.34. The van der Waals surface area contributed by atoms with E-state index in [-0.39, 0.29) is 17.9 Å². The number of anilines is 1. The molecule has 3 aromatic rings. The molecule has 1 N–H and O–H groups in total. The minimum Gasteiger partial charge on any atom is -0.458 e. The van der Waals surface area contributed by atoms with Crippen LogP contribution in [0.4, 0.5) is 10.6 Å². The van der Waals surface area contributed by atoms with Gasteiger partial charge in [-0.15, -0.1) is 0 Å². The van der Waals surface area contributed by atoms with E-state index >= 15 is 0 Å². The Hall–Kier alpha value is -4.49. The molecule has 1 aromatic heterocycles.